The molecule has 0 radical (unpaired) electrons. The van der Waals surface area contributed by atoms with Gasteiger partial charge in [-0.05, 0) is 63.4 Å². The van der Waals surface area contributed by atoms with Crippen LogP contribution in [0.15, 0.2) is 176 Å². The maximum absolute atomic E-state index is 5.33. The maximum atomic E-state index is 5.33. The quantitative estimate of drug-likeness (QED) is 0.197. The van der Waals surface area contributed by atoms with Crippen molar-refractivity contribution < 1.29 is 0 Å². The first-order chi connectivity index (χ1) is 23.3. The molecule has 0 atom stereocenters. The zero-order valence-electron chi connectivity index (χ0n) is 25.6. The highest BCUT2D eigenvalue weighted by Gasteiger charge is 2.20. The molecule has 0 bridgehead atoms. The van der Waals surface area contributed by atoms with E-state index in [1.165, 1.54) is 21.9 Å². The van der Waals surface area contributed by atoms with Crippen LogP contribution in [0, 0.1) is 0 Å². The molecule has 7 aromatic carbocycles. The largest absolute Gasteiger partial charge is 0.294 e. The molecule has 9 rings (SSSR count). The molecule has 47 heavy (non-hydrogen) atoms. The average molecular weight is 600 g/mol. The van der Waals surface area contributed by atoms with E-state index in [1.807, 2.05) is 12.1 Å². The van der Waals surface area contributed by atoms with Gasteiger partial charge in [0.2, 0.25) is 0 Å². The van der Waals surface area contributed by atoms with Crippen LogP contribution >= 0.6 is 0 Å². The number of rotatable bonds is 5. The van der Waals surface area contributed by atoms with Crippen molar-refractivity contribution in [2.75, 3.05) is 0 Å². The van der Waals surface area contributed by atoms with E-state index in [1.54, 1.807) is 0 Å². The minimum atomic E-state index is 0.698. The molecule has 9 aromatic rings. The predicted octanol–water partition coefficient (Wildman–Crippen LogP) is 11.4. The van der Waals surface area contributed by atoms with E-state index in [2.05, 4.69) is 168 Å². The van der Waals surface area contributed by atoms with Gasteiger partial charge in [-0.1, -0.05) is 146 Å². The van der Waals surface area contributed by atoms with Crippen molar-refractivity contribution in [1.29, 1.82) is 0 Å². The Labute approximate surface area is 273 Å². The minimum Gasteiger partial charge on any atom is -0.294 e. The number of hydrogen-bond donors (Lipinski definition) is 0. The molecule has 0 aliphatic heterocycles. The maximum Gasteiger partial charge on any atom is 0.162 e. The second kappa shape index (κ2) is 11.2. The summed E-state index contributed by atoms with van der Waals surface area (Å²) < 4.78 is 2.26. The summed E-state index contributed by atoms with van der Waals surface area (Å²) >= 11 is 0. The summed E-state index contributed by atoms with van der Waals surface area (Å²) in [4.78, 5) is 10.6. The summed E-state index contributed by atoms with van der Waals surface area (Å²) in [6, 6.07) is 62.0. The molecule has 0 saturated heterocycles. The third-order valence-corrected chi connectivity index (χ3v) is 8.99. The van der Waals surface area contributed by atoms with Gasteiger partial charge in [0.25, 0.3) is 0 Å². The Morgan fingerprint density at radius 2 is 0.979 bits per heavy atom. The van der Waals surface area contributed by atoms with Crippen molar-refractivity contribution >= 4 is 32.7 Å². The molecule has 220 valence electrons. The zero-order valence-corrected chi connectivity index (χ0v) is 25.6. The molecule has 0 aliphatic carbocycles. The van der Waals surface area contributed by atoms with Crippen LogP contribution in [-0.2, 0) is 0 Å². The molecule has 2 heterocycles. The van der Waals surface area contributed by atoms with Crippen LogP contribution in [-0.4, -0.2) is 14.5 Å². The van der Waals surface area contributed by atoms with Crippen LogP contribution < -0.4 is 0 Å². The Kier molecular flexibility index (Phi) is 6.46. The molecule has 0 N–H and O–H groups in total. The van der Waals surface area contributed by atoms with E-state index in [9.17, 15) is 0 Å². The molecule has 0 unspecified atom stereocenters. The normalized spacial score (nSPS) is 11.4. The molecule has 0 aliphatic rings. The second-order valence-corrected chi connectivity index (χ2v) is 11.8. The van der Waals surface area contributed by atoms with Crippen LogP contribution in [0.5, 0.6) is 0 Å². The van der Waals surface area contributed by atoms with Crippen LogP contribution in [0.25, 0.3) is 83.3 Å². The van der Waals surface area contributed by atoms with E-state index in [0.717, 1.165) is 55.6 Å². The van der Waals surface area contributed by atoms with Crippen molar-refractivity contribution in [3.63, 3.8) is 0 Å². The number of hydrogen-bond acceptors (Lipinski definition) is 2. The summed E-state index contributed by atoms with van der Waals surface area (Å²) in [6.07, 6.45) is 0. The van der Waals surface area contributed by atoms with Crippen LogP contribution in [0.4, 0.5) is 0 Å². The molecule has 0 spiro atoms. The first-order valence-corrected chi connectivity index (χ1v) is 15.9. The van der Waals surface area contributed by atoms with Gasteiger partial charge in [-0.3, -0.25) is 4.57 Å². The Morgan fingerprint density at radius 3 is 1.79 bits per heavy atom. The number of fused-ring (bicyclic) bond motifs is 4. The third kappa shape index (κ3) is 4.68. The highest BCUT2D eigenvalue weighted by molar-refractivity contribution is 6.14. The van der Waals surface area contributed by atoms with Crippen LogP contribution in [0.2, 0.25) is 0 Å². The molecule has 2 aromatic heterocycles. The standard InChI is InChI=1S/C44H29N3/c1-3-15-31(16-4-1)42-41-39-25-9-10-27-40(39)47(36-22-5-2-6-23-36)44(41)46-43(45-42)35-21-12-19-33(29-35)32-18-11-20-34(28-32)38-26-13-17-30-14-7-8-24-37(30)38/h1-29H. The number of para-hydroxylation sites is 2. The molecular weight excluding hydrogens is 571 g/mol. The van der Waals surface area contributed by atoms with Gasteiger partial charge in [0.1, 0.15) is 5.65 Å². The molecule has 0 amide bonds. The number of nitrogens with zero attached hydrogens (tertiary/aromatic N) is 3. The fraction of sp³-hybridized carbons (Fsp3) is 0. The first kappa shape index (κ1) is 27.0. The third-order valence-electron chi connectivity index (χ3n) is 8.99. The first-order valence-electron chi connectivity index (χ1n) is 15.9. The zero-order chi connectivity index (χ0) is 31.2. The van der Waals surface area contributed by atoms with Gasteiger partial charge in [-0.2, -0.15) is 0 Å². The lowest BCUT2D eigenvalue weighted by molar-refractivity contribution is 1.11. The summed E-state index contributed by atoms with van der Waals surface area (Å²) in [6.45, 7) is 0. The Bertz CT molecular complexity index is 2560. The fourth-order valence-electron chi connectivity index (χ4n) is 6.81. The highest BCUT2D eigenvalue weighted by Crippen LogP contribution is 2.39. The van der Waals surface area contributed by atoms with Crippen molar-refractivity contribution in [3.05, 3.63) is 176 Å². The Hall–Kier alpha value is -6.32. The van der Waals surface area contributed by atoms with Crippen LogP contribution in [0.1, 0.15) is 0 Å². The van der Waals surface area contributed by atoms with Crippen molar-refractivity contribution in [2.45, 2.75) is 0 Å². The molecule has 0 fully saturated rings. The van der Waals surface area contributed by atoms with Gasteiger partial charge >= 0.3 is 0 Å². The lowest BCUT2D eigenvalue weighted by atomic mass is 9.95. The minimum absolute atomic E-state index is 0.698. The predicted molar refractivity (Wildman–Crippen MR) is 196 cm³/mol. The molecular formula is C44H29N3. The van der Waals surface area contributed by atoms with Gasteiger partial charge in [-0.15, -0.1) is 0 Å². The number of aromatic nitrogens is 3. The van der Waals surface area contributed by atoms with E-state index in [4.69, 9.17) is 9.97 Å². The van der Waals surface area contributed by atoms with Gasteiger partial charge in [0, 0.05) is 22.2 Å². The van der Waals surface area contributed by atoms with E-state index in [-0.39, 0.29) is 0 Å². The van der Waals surface area contributed by atoms with Crippen molar-refractivity contribution in [2.24, 2.45) is 0 Å². The Morgan fingerprint density at radius 1 is 0.404 bits per heavy atom. The van der Waals surface area contributed by atoms with Crippen molar-refractivity contribution in [3.8, 4) is 50.6 Å². The summed E-state index contributed by atoms with van der Waals surface area (Å²) in [5.74, 6) is 0.698. The second-order valence-electron chi connectivity index (χ2n) is 11.8. The van der Waals surface area contributed by atoms with Gasteiger partial charge in [0.15, 0.2) is 5.82 Å². The number of benzene rings is 7. The Balaban J connectivity index is 1.24. The van der Waals surface area contributed by atoms with Crippen LogP contribution in [0.3, 0.4) is 0 Å². The van der Waals surface area contributed by atoms with E-state index >= 15 is 0 Å². The van der Waals surface area contributed by atoms with E-state index in [0.29, 0.717) is 5.82 Å². The molecule has 3 nitrogen and oxygen atoms in total. The van der Waals surface area contributed by atoms with Gasteiger partial charge < -0.3 is 0 Å². The van der Waals surface area contributed by atoms with E-state index < -0.39 is 0 Å². The molecule has 0 saturated carbocycles. The topological polar surface area (TPSA) is 30.7 Å². The summed E-state index contributed by atoms with van der Waals surface area (Å²) in [5.41, 5.74) is 10.7. The van der Waals surface area contributed by atoms with Crippen molar-refractivity contribution in [1.82, 2.24) is 14.5 Å². The summed E-state index contributed by atoms with van der Waals surface area (Å²) in [5, 5.41) is 4.69. The average Bonchev–Trinajstić information content (AvgIpc) is 3.49. The SMILES string of the molecule is c1ccc(-c2nc(-c3cccc(-c4cccc(-c5cccc6ccccc56)c4)c3)nc3c2c2ccccc2n3-c2ccccc2)cc1. The van der Waals surface area contributed by atoms with Gasteiger partial charge in [-0.25, -0.2) is 9.97 Å². The van der Waals surface area contributed by atoms with Gasteiger partial charge in [0.05, 0.1) is 16.6 Å². The fourth-order valence-corrected chi connectivity index (χ4v) is 6.81. The molecule has 3 heteroatoms. The lowest BCUT2D eigenvalue weighted by Gasteiger charge is -2.12. The monoisotopic (exact) mass is 599 g/mol. The lowest BCUT2D eigenvalue weighted by Crippen LogP contribution is -1.99. The summed E-state index contributed by atoms with van der Waals surface area (Å²) in [7, 11) is 0. The highest BCUT2D eigenvalue weighted by atomic mass is 15.1. The smallest absolute Gasteiger partial charge is 0.162 e.